The lowest BCUT2D eigenvalue weighted by molar-refractivity contribution is -0.113. The van der Waals surface area contributed by atoms with Crippen LogP contribution in [-0.2, 0) is 4.79 Å². The highest BCUT2D eigenvalue weighted by Crippen LogP contribution is 2.29. The highest BCUT2D eigenvalue weighted by molar-refractivity contribution is 7.99. The molecule has 3 aromatic carbocycles. The number of hydrogen-bond donors (Lipinski definition) is 1. The molecule has 5 rings (SSSR count). The van der Waals surface area contributed by atoms with Gasteiger partial charge in [-0.1, -0.05) is 53.7 Å². The van der Waals surface area contributed by atoms with Gasteiger partial charge in [-0.25, -0.2) is 9.97 Å². The normalized spacial score (nSPS) is 11.5. The number of imidazole rings is 1. The minimum atomic E-state index is -0.0485. The molecule has 0 aliphatic heterocycles. The summed E-state index contributed by atoms with van der Waals surface area (Å²) in [5.74, 6) is 0.215. The van der Waals surface area contributed by atoms with Gasteiger partial charge in [0.15, 0.2) is 5.16 Å². The number of nitrogens with one attached hydrogen (secondary N) is 1. The molecule has 5 nitrogen and oxygen atoms in total. The summed E-state index contributed by atoms with van der Waals surface area (Å²) < 4.78 is 2.05. The fraction of sp³-hybridized carbons (Fsp3) is 0.160. The molecule has 0 unspecified atom stereocenters. The molecule has 6 heteroatoms. The monoisotopic (exact) mass is 426 g/mol. The molecule has 0 saturated carbocycles. The quantitative estimate of drug-likeness (QED) is 0.296. The van der Waals surface area contributed by atoms with E-state index in [-0.39, 0.29) is 11.7 Å². The van der Waals surface area contributed by atoms with E-state index in [1.807, 2.05) is 62.4 Å². The van der Waals surface area contributed by atoms with E-state index in [1.54, 1.807) is 0 Å². The second-order valence-electron chi connectivity index (χ2n) is 7.78. The Balaban J connectivity index is 1.51. The van der Waals surface area contributed by atoms with Crippen LogP contribution in [0.5, 0.6) is 0 Å². The summed E-state index contributed by atoms with van der Waals surface area (Å²) in [7, 11) is 0. The summed E-state index contributed by atoms with van der Waals surface area (Å²) in [6.07, 6.45) is 0. The SMILES string of the molecule is Cc1cc(C)c(NC(=O)CSc2nc3ccccc3c3nc4ccccc4n23)c(C)c1. The number of amides is 1. The number of thioether (sulfide) groups is 1. The molecule has 5 aromatic rings. The van der Waals surface area contributed by atoms with Crippen molar-refractivity contribution >= 4 is 50.9 Å². The van der Waals surface area contributed by atoms with Gasteiger partial charge in [-0.3, -0.25) is 9.20 Å². The van der Waals surface area contributed by atoms with Gasteiger partial charge in [0.25, 0.3) is 0 Å². The predicted molar refractivity (Wildman–Crippen MR) is 128 cm³/mol. The zero-order valence-corrected chi connectivity index (χ0v) is 18.5. The first kappa shape index (κ1) is 19.6. The largest absolute Gasteiger partial charge is 0.325 e. The van der Waals surface area contributed by atoms with Crippen LogP contribution in [0.25, 0.3) is 27.6 Å². The maximum atomic E-state index is 12.8. The van der Waals surface area contributed by atoms with Gasteiger partial charge in [0, 0.05) is 11.1 Å². The van der Waals surface area contributed by atoms with Crippen molar-refractivity contribution in [2.45, 2.75) is 25.9 Å². The molecule has 1 amide bonds. The van der Waals surface area contributed by atoms with Crippen molar-refractivity contribution in [1.82, 2.24) is 14.4 Å². The molecule has 0 fully saturated rings. The fourth-order valence-corrected chi connectivity index (χ4v) is 4.90. The minimum Gasteiger partial charge on any atom is -0.325 e. The van der Waals surface area contributed by atoms with Crippen molar-refractivity contribution in [3.05, 3.63) is 77.4 Å². The molecule has 0 radical (unpaired) electrons. The van der Waals surface area contributed by atoms with Crippen molar-refractivity contribution in [2.75, 3.05) is 11.1 Å². The van der Waals surface area contributed by atoms with Gasteiger partial charge in [0.2, 0.25) is 5.91 Å². The second-order valence-corrected chi connectivity index (χ2v) is 8.72. The Hall–Kier alpha value is -3.38. The number of nitrogens with zero attached hydrogens (tertiary/aromatic N) is 3. The van der Waals surface area contributed by atoms with E-state index in [1.165, 1.54) is 17.3 Å². The van der Waals surface area contributed by atoms with Crippen molar-refractivity contribution in [2.24, 2.45) is 0 Å². The van der Waals surface area contributed by atoms with Crippen molar-refractivity contribution in [3.63, 3.8) is 0 Å². The lowest BCUT2D eigenvalue weighted by Gasteiger charge is -2.13. The van der Waals surface area contributed by atoms with Crippen LogP contribution in [0.15, 0.2) is 65.8 Å². The average Bonchev–Trinajstić information content (AvgIpc) is 3.15. The number of para-hydroxylation sites is 3. The first-order valence-electron chi connectivity index (χ1n) is 10.2. The molecule has 0 spiro atoms. The van der Waals surface area contributed by atoms with E-state index >= 15 is 0 Å². The number of hydrogen-bond acceptors (Lipinski definition) is 4. The highest BCUT2D eigenvalue weighted by atomic mass is 32.2. The molecule has 2 aromatic heterocycles. The predicted octanol–water partition coefficient (Wildman–Crippen LogP) is 5.69. The molecule has 0 aliphatic carbocycles. The summed E-state index contributed by atoms with van der Waals surface area (Å²) in [5.41, 5.74) is 7.86. The van der Waals surface area contributed by atoms with Crippen molar-refractivity contribution in [1.29, 1.82) is 0 Å². The molecular weight excluding hydrogens is 404 g/mol. The molecule has 0 bridgehead atoms. The van der Waals surface area contributed by atoms with Gasteiger partial charge in [-0.15, -0.1) is 0 Å². The van der Waals surface area contributed by atoms with Gasteiger partial charge in [0.1, 0.15) is 5.65 Å². The first-order valence-corrected chi connectivity index (χ1v) is 11.2. The summed E-state index contributed by atoms with van der Waals surface area (Å²) >= 11 is 1.43. The van der Waals surface area contributed by atoms with E-state index in [2.05, 4.69) is 28.8 Å². The average molecular weight is 427 g/mol. The van der Waals surface area contributed by atoms with E-state index in [0.29, 0.717) is 0 Å². The zero-order valence-electron chi connectivity index (χ0n) is 17.6. The van der Waals surface area contributed by atoms with Crippen LogP contribution >= 0.6 is 11.8 Å². The second kappa shape index (κ2) is 7.71. The van der Waals surface area contributed by atoms with Crippen LogP contribution in [0.1, 0.15) is 16.7 Å². The summed E-state index contributed by atoms with van der Waals surface area (Å²) in [5, 5.41) is 4.84. The van der Waals surface area contributed by atoms with Crippen LogP contribution in [0, 0.1) is 20.8 Å². The molecular formula is C25H22N4OS. The van der Waals surface area contributed by atoms with E-state index in [0.717, 1.165) is 49.6 Å². The maximum absolute atomic E-state index is 12.8. The molecule has 1 N–H and O–H groups in total. The fourth-order valence-electron chi connectivity index (χ4n) is 4.09. The summed E-state index contributed by atoms with van der Waals surface area (Å²) in [4.78, 5) is 22.5. The molecule has 154 valence electrons. The topological polar surface area (TPSA) is 59.3 Å². The number of aromatic nitrogens is 3. The Morgan fingerprint density at radius 3 is 2.39 bits per heavy atom. The Morgan fingerprint density at radius 2 is 1.61 bits per heavy atom. The van der Waals surface area contributed by atoms with E-state index in [9.17, 15) is 4.79 Å². The molecule has 0 atom stereocenters. The van der Waals surface area contributed by atoms with E-state index in [4.69, 9.17) is 9.97 Å². The van der Waals surface area contributed by atoms with Crippen molar-refractivity contribution in [3.8, 4) is 0 Å². The van der Waals surface area contributed by atoms with Gasteiger partial charge in [-0.2, -0.15) is 0 Å². The Labute approximate surface area is 184 Å². The number of anilines is 1. The van der Waals surface area contributed by atoms with Crippen LogP contribution in [-0.4, -0.2) is 26.0 Å². The number of rotatable bonds is 4. The molecule has 31 heavy (non-hydrogen) atoms. The third-order valence-electron chi connectivity index (χ3n) is 5.39. The third kappa shape index (κ3) is 3.53. The standard InChI is InChI=1S/C25H22N4OS/c1-15-12-16(2)23(17(3)13-15)28-22(30)14-31-25-27-19-9-5-4-8-18(19)24-26-20-10-6-7-11-21(20)29(24)25/h4-13H,14H2,1-3H3,(H,28,30). The smallest absolute Gasteiger partial charge is 0.234 e. The van der Waals surface area contributed by atoms with E-state index < -0.39 is 0 Å². The Morgan fingerprint density at radius 1 is 0.935 bits per heavy atom. The summed E-state index contributed by atoms with van der Waals surface area (Å²) in [6.45, 7) is 6.11. The number of carbonyl (C=O) groups is 1. The zero-order chi connectivity index (χ0) is 21.5. The molecule has 0 aliphatic rings. The van der Waals surface area contributed by atoms with Crippen LogP contribution < -0.4 is 5.32 Å². The number of benzene rings is 3. The van der Waals surface area contributed by atoms with Gasteiger partial charge in [0.05, 0.1) is 22.3 Å². The number of aryl methyl sites for hydroxylation is 3. The number of fused-ring (bicyclic) bond motifs is 5. The third-order valence-corrected chi connectivity index (χ3v) is 6.33. The van der Waals surface area contributed by atoms with Gasteiger partial charge >= 0.3 is 0 Å². The van der Waals surface area contributed by atoms with Gasteiger partial charge < -0.3 is 5.32 Å². The molecule has 2 heterocycles. The Bertz CT molecular complexity index is 1450. The first-order chi connectivity index (χ1) is 15.0. The molecule has 0 saturated heterocycles. The van der Waals surface area contributed by atoms with Crippen LogP contribution in [0.2, 0.25) is 0 Å². The maximum Gasteiger partial charge on any atom is 0.234 e. The lowest BCUT2D eigenvalue weighted by Crippen LogP contribution is -2.16. The minimum absolute atomic E-state index is 0.0485. The van der Waals surface area contributed by atoms with Gasteiger partial charge in [-0.05, 0) is 56.2 Å². The van der Waals surface area contributed by atoms with Crippen LogP contribution in [0.3, 0.4) is 0 Å². The Kier molecular flexibility index (Phi) is 4.87. The highest BCUT2D eigenvalue weighted by Gasteiger charge is 2.16. The van der Waals surface area contributed by atoms with Crippen molar-refractivity contribution < 1.29 is 4.79 Å². The lowest BCUT2D eigenvalue weighted by atomic mass is 10.1. The number of carbonyl (C=O) groups excluding carboxylic acids is 1. The van der Waals surface area contributed by atoms with Crippen LogP contribution in [0.4, 0.5) is 5.69 Å². The summed E-state index contributed by atoms with van der Waals surface area (Å²) in [6, 6.07) is 20.2.